The van der Waals surface area contributed by atoms with Gasteiger partial charge in [0.25, 0.3) is 0 Å². The molecule has 0 amide bonds. The van der Waals surface area contributed by atoms with Crippen molar-refractivity contribution in [3.63, 3.8) is 0 Å². The summed E-state index contributed by atoms with van der Waals surface area (Å²) in [6, 6.07) is 0. The first-order valence-corrected chi connectivity index (χ1v) is 3.87. The molecule has 3 heterocycles. The van der Waals surface area contributed by atoms with Crippen LogP contribution < -0.4 is 0 Å². The van der Waals surface area contributed by atoms with Gasteiger partial charge in [0, 0.05) is 18.8 Å². The molecule has 0 aromatic heterocycles. The van der Waals surface area contributed by atoms with Gasteiger partial charge in [0.05, 0.1) is 13.1 Å². The lowest BCUT2D eigenvalue weighted by molar-refractivity contribution is -0.821. The minimum atomic E-state index is 0.364. The lowest BCUT2D eigenvalue weighted by Crippen LogP contribution is -2.60. The number of carbonyl (C=O) groups is 1. The van der Waals surface area contributed by atoms with E-state index in [0.717, 1.165) is 25.9 Å². The van der Waals surface area contributed by atoms with E-state index in [1.807, 2.05) is 0 Å². The number of Topliss-reactive ketones (excluding diaryl/α,β-unsaturated/α-hetero) is 1. The molecule has 3 fully saturated rings. The Bertz CT molecular complexity index is 172. The molecular weight excluding hydrogens is 125 g/mol. The summed E-state index contributed by atoms with van der Waals surface area (Å²) < 4.78 is 0.523. The molecule has 3 saturated heterocycles. The third-order valence-corrected chi connectivity index (χ3v) is 2.77. The Kier molecular flexibility index (Phi) is 1.18. The molecule has 3 aliphatic rings. The average molecular weight is 136 g/mol. The molecule has 10 heavy (non-hydrogen) atoms. The summed E-state index contributed by atoms with van der Waals surface area (Å²) in [7, 11) is 5.90. The highest BCUT2D eigenvalue weighted by molar-refractivity contribution is 6.00. The summed E-state index contributed by atoms with van der Waals surface area (Å²) in [5, 5.41) is 0. The second kappa shape index (κ2) is 1.85. The highest BCUT2D eigenvalue weighted by Gasteiger charge is 2.41. The standard InChI is InChI=1S/C7H11BNO/c8-9-3-1-6(2-4-9)7(10)5-9/h6H,1-5H2/q+1. The molecule has 0 N–H and O–H groups in total. The van der Waals surface area contributed by atoms with E-state index in [1.54, 1.807) is 0 Å². The largest absolute Gasteiger partial charge is 0.481 e. The maximum atomic E-state index is 11.2. The number of quaternary nitrogens is 1. The first kappa shape index (κ1) is 6.41. The Labute approximate surface area is 62.2 Å². The van der Waals surface area contributed by atoms with Gasteiger partial charge in [-0.25, -0.2) is 0 Å². The highest BCUT2D eigenvalue weighted by atomic mass is 16.1. The minimum Gasteiger partial charge on any atom is -0.390 e. The summed E-state index contributed by atoms with van der Waals surface area (Å²) in [6.45, 7) is 2.61. The number of hydrogen-bond donors (Lipinski definition) is 0. The number of carbonyl (C=O) groups excluding carboxylic acids is 1. The molecule has 3 heteroatoms. The van der Waals surface area contributed by atoms with Crippen molar-refractivity contribution in [3.8, 4) is 0 Å². The molecule has 0 aromatic rings. The molecule has 2 bridgehead atoms. The number of hydrogen-bond acceptors (Lipinski definition) is 1. The molecule has 0 spiro atoms. The van der Waals surface area contributed by atoms with Crippen molar-refractivity contribution < 1.29 is 9.19 Å². The Morgan fingerprint density at radius 1 is 1.40 bits per heavy atom. The van der Waals surface area contributed by atoms with Crippen molar-refractivity contribution in [3.05, 3.63) is 0 Å². The molecule has 0 aromatic carbocycles. The zero-order chi connectivity index (χ0) is 7.19. The summed E-state index contributed by atoms with van der Waals surface area (Å²) in [4.78, 5) is 11.2. The van der Waals surface area contributed by atoms with Crippen molar-refractivity contribution in [2.75, 3.05) is 19.6 Å². The molecular formula is C7H11BNO+. The van der Waals surface area contributed by atoms with Crippen LogP contribution in [0, 0.1) is 5.92 Å². The molecule has 0 unspecified atom stereocenters. The van der Waals surface area contributed by atoms with Crippen LogP contribution in [-0.2, 0) is 4.79 Å². The van der Waals surface area contributed by atoms with Gasteiger partial charge in [-0.3, -0.25) is 4.79 Å². The Morgan fingerprint density at radius 3 is 2.30 bits per heavy atom. The number of nitrogens with zero attached hydrogens (tertiary/aromatic N) is 1. The van der Waals surface area contributed by atoms with Crippen LogP contribution in [0.4, 0.5) is 0 Å². The molecule has 3 rings (SSSR count). The van der Waals surface area contributed by atoms with Crippen LogP contribution in [0.5, 0.6) is 0 Å². The zero-order valence-corrected chi connectivity index (χ0v) is 6.05. The van der Waals surface area contributed by atoms with Gasteiger partial charge in [0.2, 0.25) is 0 Å². The fourth-order valence-electron chi connectivity index (χ4n) is 2.00. The van der Waals surface area contributed by atoms with E-state index >= 15 is 0 Å². The van der Waals surface area contributed by atoms with E-state index in [9.17, 15) is 4.79 Å². The molecule has 2 nitrogen and oxygen atoms in total. The number of fused-ring (bicyclic) bond motifs is 3. The predicted octanol–water partition coefficient (Wildman–Crippen LogP) is -0.121. The van der Waals surface area contributed by atoms with E-state index in [1.165, 1.54) is 0 Å². The minimum absolute atomic E-state index is 0.364. The summed E-state index contributed by atoms with van der Waals surface area (Å²) in [5.41, 5.74) is 0. The second-order valence-electron chi connectivity index (χ2n) is 3.56. The molecule has 2 radical (unpaired) electrons. The van der Waals surface area contributed by atoms with Crippen LogP contribution in [0.15, 0.2) is 0 Å². The monoisotopic (exact) mass is 136 g/mol. The van der Waals surface area contributed by atoms with Crippen molar-refractivity contribution in [1.82, 2.24) is 0 Å². The van der Waals surface area contributed by atoms with Gasteiger partial charge in [-0.2, -0.15) is 0 Å². The SMILES string of the molecule is [B][N+]12CCC(CC1)C(=O)C2. The fraction of sp³-hybridized carbons (Fsp3) is 0.857. The van der Waals surface area contributed by atoms with Crippen molar-refractivity contribution in [2.45, 2.75) is 12.8 Å². The van der Waals surface area contributed by atoms with Crippen molar-refractivity contribution in [2.24, 2.45) is 5.92 Å². The van der Waals surface area contributed by atoms with Crippen LogP contribution in [0.3, 0.4) is 0 Å². The lowest BCUT2D eigenvalue weighted by Gasteiger charge is -2.46. The predicted molar refractivity (Wildman–Crippen MR) is 38.3 cm³/mol. The normalized spacial score (nSPS) is 46.0. The maximum Gasteiger partial charge on any atom is 0.481 e. The molecule has 52 valence electrons. The maximum absolute atomic E-state index is 11.2. The molecule has 3 aliphatic heterocycles. The van der Waals surface area contributed by atoms with Gasteiger partial charge in [-0.1, -0.05) is 0 Å². The van der Waals surface area contributed by atoms with Gasteiger partial charge >= 0.3 is 7.98 Å². The third kappa shape index (κ3) is 0.805. The quantitative estimate of drug-likeness (QED) is 0.424. The molecule has 0 atom stereocenters. The zero-order valence-electron chi connectivity index (χ0n) is 6.05. The van der Waals surface area contributed by atoms with Gasteiger partial charge in [0.1, 0.15) is 6.54 Å². The lowest BCUT2D eigenvalue weighted by atomic mass is 9.82. The van der Waals surface area contributed by atoms with E-state index in [2.05, 4.69) is 0 Å². The van der Waals surface area contributed by atoms with Crippen molar-refractivity contribution >= 4 is 13.8 Å². The Morgan fingerprint density at radius 2 is 2.00 bits per heavy atom. The highest BCUT2D eigenvalue weighted by Crippen LogP contribution is 2.28. The van der Waals surface area contributed by atoms with Gasteiger partial charge < -0.3 is 4.39 Å². The fourth-order valence-corrected chi connectivity index (χ4v) is 2.00. The van der Waals surface area contributed by atoms with Gasteiger partial charge in [-0.15, -0.1) is 0 Å². The van der Waals surface area contributed by atoms with Crippen LogP contribution in [0.1, 0.15) is 12.8 Å². The van der Waals surface area contributed by atoms with Gasteiger partial charge in [0.15, 0.2) is 5.78 Å². The summed E-state index contributed by atoms with van der Waals surface area (Å²) >= 11 is 0. The van der Waals surface area contributed by atoms with E-state index in [-0.39, 0.29) is 0 Å². The number of rotatable bonds is 0. The Hall–Kier alpha value is -0.305. The van der Waals surface area contributed by atoms with E-state index in [4.69, 9.17) is 7.98 Å². The van der Waals surface area contributed by atoms with E-state index in [0.29, 0.717) is 22.6 Å². The van der Waals surface area contributed by atoms with Crippen LogP contribution in [-0.4, -0.2) is 37.8 Å². The molecule has 0 aliphatic carbocycles. The number of ketones is 1. The summed E-state index contributed by atoms with van der Waals surface area (Å²) in [6.07, 6.45) is 2.05. The topological polar surface area (TPSA) is 17.1 Å². The average Bonchev–Trinajstić information content (AvgIpc) is 1.87. The van der Waals surface area contributed by atoms with Gasteiger partial charge in [-0.05, 0) is 0 Å². The van der Waals surface area contributed by atoms with Crippen LogP contribution in [0.2, 0.25) is 0 Å². The van der Waals surface area contributed by atoms with Crippen LogP contribution in [0.25, 0.3) is 0 Å². The van der Waals surface area contributed by atoms with E-state index < -0.39 is 0 Å². The Balaban J connectivity index is 2.22. The first-order valence-electron chi connectivity index (χ1n) is 3.87. The van der Waals surface area contributed by atoms with Crippen molar-refractivity contribution in [1.29, 1.82) is 0 Å². The first-order chi connectivity index (χ1) is 4.70. The second-order valence-corrected chi connectivity index (χ2v) is 3.56. The third-order valence-electron chi connectivity index (χ3n) is 2.77. The molecule has 0 saturated carbocycles. The number of piperidine rings is 3. The smallest absolute Gasteiger partial charge is 0.390 e. The van der Waals surface area contributed by atoms with Crippen LogP contribution >= 0.6 is 0 Å². The summed E-state index contributed by atoms with van der Waals surface area (Å²) in [5.74, 6) is 0.753.